The van der Waals surface area contributed by atoms with Gasteiger partial charge in [-0.3, -0.25) is 0 Å². The molecule has 2 aromatic heterocycles. The molecule has 50 valence electrons. The van der Waals surface area contributed by atoms with Crippen molar-refractivity contribution in [2.75, 3.05) is 0 Å². The second kappa shape index (κ2) is 1.98. The fourth-order valence-corrected chi connectivity index (χ4v) is 0.777. The van der Waals surface area contributed by atoms with E-state index in [9.17, 15) is 0 Å². The molecule has 4 heteroatoms. The van der Waals surface area contributed by atoms with Crippen molar-refractivity contribution in [2.24, 2.45) is 0 Å². The van der Waals surface area contributed by atoms with Gasteiger partial charge in [0.15, 0.2) is 0 Å². The van der Waals surface area contributed by atoms with E-state index in [1.54, 1.807) is 25.0 Å². The zero-order valence-electron chi connectivity index (χ0n) is 5.25. The van der Waals surface area contributed by atoms with E-state index in [1.165, 1.54) is 0 Å². The highest BCUT2D eigenvalue weighted by Crippen LogP contribution is 1.88. The Morgan fingerprint density at radius 3 is 1.60 bits per heavy atom. The minimum absolute atomic E-state index is 1.71. The molecular formula is C6H6N4. The van der Waals surface area contributed by atoms with Crippen LogP contribution in [0.4, 0.5) is 0 Å². The maximum Gasteiger partial charge on any atom is 0.115 e. The van der Waals surface area contributed by atoms with Gasteiger partial charge in [0.25, 0.3) is 0 Å². The quantitative estimate of drug-likeness (QED) is 0.565. The van der Waals surface area contributed by atoms with Crippen LogP contribution >= 0.6 is 0 Å². The van der Waals surface area contributed by atoms with E-state index in [2.05, 4.69) is 9.97 Å². The SMILES string of the molecule is c1cn(-n2ccnc2)cn1. The highest BCUT2D eigenvalue weighted by molar-refractivity contribution is 4.81. The molecule has 10 heavy (non-hydrogen) atoms. The van der Waals surface area contributed by atoms with Crippen molar-refractivity contribution < 1.29 is 0 Å². The van der Waals surface area contributed by atoms with Crippen LogP contribution in [-0.4, -0.2) is 19.3 Å². The lowest BCUT2D eigenvalue weighted by Crippen LogP contribution is -2.02. The zero-order valence-corrected chi connectivity index (χ0v) is 5.25. The Balaban J connectivity index is 2.48. The van der Waals surface area contributed by atoms with Gasteiger partial charge in [-0.2, -0.15) is 0 Å². The highest BCUT2D eigenvalue weighted by Gasteiger charge is 1.87. The molecule has 0 spiro atoms. The lowest BCUT2D eigenvalue weighted by atomic mass is 10.9. The zero-order chi connectivity index (χ0) is 6.81. The topological polar surface area (TPSA) is 35.6 Å². The van der Waals surface area contributed by atoms with E-state index in [0.29, 0.717) is 0 Å². The molecule has 0 atom stereocenters. The van der Waals surface area contributed by atoms with Gasteiger partial charge in [0, 0.05) is 24.8 Å². The second-order valence-electron chi connectivity index (χ2n) is 1.89. The van der Waals surface area contributed by atoms with Crippen LogP contribution in [0.2, 0.25) is 0 Å². The Morgan fingerprint density at radius 1 is 0.800 bits per heavy atom. The van der Waals surface area contributed by atoms with Gasteiger partial charge >= 0.3 is 0 Å². The van der Waals surface area contributed by atoms with Gasteiger partial charge in [-0.15, -0.1) is 0 Å². The first-order valence-corrected chi connectivity index (χ1v) is 2.93. The number of hydrogen-bond acceptors (Lipinski definition) is 2. The molecular weight excluding hydrogens is 128 g/mol. The summed E-state index contributed by atoms with van der Waals surface area (Å²) in [6.45, 7) is 0. The Bertz CT molecular complexity index is 249. The Labute approximate surface area is 57.7 Å². The molecule has 2 rings (SSSR count). The third-order valence-electron chi connectivity index (χ3n) is 1.25. The molecule has 2 aromatic rings. The summed E-state index contributed by atoms with van der Waals surface area (Å²) in [5.41, 5.74) is 0. The minimum Gasteiger partial charge on any atom is -0.243 e. The van der Waals surface area contributed by atoms with Crippen molar-refractivity contribution in [1.82, 2.24) is 19.3 Å². The number of hydrogen-bond donors (Lipinski definition) is 0. The summed E-state index contributed by atoms with van der Waals surface area (Å²) in [5, 5.41) is 0. The highest BCUT2D eigenvalue weighted by atomic mass is 15.5. The fourth-order valence-electron chi connectivity index (χ4n) is 0.777. The summed E-state index contributed by atoms with van der Waals surface area (Å²) < 4.78 is 3.65. The molecule has 0 aliphatic heterocycles. The van der Waals surface area contributed by atoms with Crippen LogP contribution in [0, 0.1) is 0 Å². The molecule has 0 bridgehead atoms. The van der Waals surface area contributed by atoms with Crippen LogP contribution in [0.15, 0.2) is 37.4 Å². The van der Waals surface area contributed by atoms with Crippen molar-refractivity contribution in [3.8, 4) is 0 Å². The molecule has 4 nitrogen and oxygen atoms in total. The molecule has 0 fully saturated rings. The number of aromatic nitrogens is 4. The summed E-state index contributed by atoms with van der Waals surface area (Å²) >= 11 is 0. The van der Waals surface area contributed by atoms with Crippen LogP contribution in [0.3, 0.4) is 0 Å². The summed E-state index contributed by atoms with van der Waals surface area (Å²) in [4.78, 5) is 7.78. The van der Waals surface area contributed by atoms with Crippen LogP contribution in [0.1, 0.15) is 0 Å². The molecule has 0 aromatic carbocycles. The van der Waals surface area contributed by atoms with E-state index in [-0.39, 0.29) is 0 Å². The summed E-state index contributed by atoms with van der Waals surface area (Å²) in [5.74, 6) is 0. The van der Waals surface area contributed by atoms with Crippen molar-refractivity contribution in [3.63, 3.8) is 0 Å². The van der Waals surface area contributed by atoms with Crippen LogP contribution in [-0.2, 0) is 0 Å². The predicted molar refractivity (Wildman–Crippen MR) is 35.3 cm³/mol. The van der Waals surface area contributed by atoms with Gasteiger partial charge in [0.1, 0.15) is 12.7 Å². The normalized spacial score (nSPS) is 10.0. The third-order valence-corrected chi connectivity index (χ3v) is 1.25. The van der Waals surface area contributed by atoms with Gasteiger partial charge < -0.3 is 0 Å². The molecule has 2 heterocycles. The molecule has 0 saturated heterocycles. The van der Waals surface area contributed by atoms with Gasteiger partial charge in [-0.1, -0.05) is 0 Å². The maximum atomic E-state index is 3.89. The Hall–Kier alpha value is -1.58. The smallest absolute Gasteiger partial charge is 0.115 e. The lowest BCUT2D eigenvalue weighted by molar-refractivity contribution is 0.657. The largest absolute Gasteiger partial charge is 0.243 e. The van der Waals surface area contributed by atoms with E-state index in [4.69, 9.17) is 0 Å². The number of imidazole rings is 2. The van der Waals surface area contributed by atoms with E-state index in [0.717, 1.165) is 0 Å². The van der Waals surface area contributed by atoms with E-state index >= 15 is 0 Å². The van der Waals surface area contributed by atoms with Gasteiger partial charge in [0.2, 0.25) is 0 Å². The van der Waals surface area contributed by atoms with Crippen LogP contribution < -0.4 is 0 Å². The molecule has 0 saturated carbocycles. The van der Waals surface area contributed by atoms with Crippen LogP contribution in [0.5, 0.6) is 0 Å². The Morgan fingerprint density at radius 2 is 1.30 bits per heavy atom. The lowest BCUT2D eigenvalue weighted by Gasteiger charge is -1.98. The first-order valence-electron chi connectivity index (χ1n) is 2.93. The first kappa shape index (κ1) is 5.22. The fraction of sp³-hybridized carbons (Fsp3) is 0. The second-order valence-corrected chi connectivity index (χ2v) is 1.89. The molecule has 0 aliphatic rings. The van der Waals surface area contributed by atoms with Crippen molar-refractivity contribution >= 4 is 0 Å². The molecule has 0 radical (unpaired) electrons. The third kappa shape index (κ3) is 0.699. The molecule has 0 N–H and O–H groups in total. The van der Waals surface area contributed by atoms with E-state index in [1.807, 2.05) is 21.7 Å². The molecule has 0 aliphatic carbocycles. The van der Waals surface area contributed by atoms with Crippen LogP contribution in [0.25, 0.3) is 0 Å². The maximum absolute atomic E-state index is 3.89. The van der Waals surface area contributed by atoms with E-state index < -0.39 is 0 Å². The van der Waals surface area contributed by atoms with Crippen molar-refractivity contribution in [1.29, 1.82) is 0 Å². The standard InChI is InChI=1S/C6H6N4/c1-3-9(5-7-1)10-4-2-8-6-10/h1-6H. The predicted octanol–water partition coefficient (Wildman–Crippen LogP) is 0.391. The van der Waals surface area contributed by atoms with Crippen molar-refractivity contribution in [2.45, 2.75) is 0 Å². The van der Waals surface area contributed by atoms with Gasteiger partial charge in [0.05, 0.1) is 0 Å². The first-order chi connectivity index (χ1) is 4.97. The summed E-state index contributed by atoms with van der Waals surface area (Å²) in [6, 6.07) is 0. The average molecular weight is 134 g/mol. The van der Waals surface area contributed by atoms with Gasteiger partial charge in [-0.25, -0.2) is 19.3 Å². The summed E-state index contributed by atoms with van der Waals surface area (Å²) in [7, 11) is 0. The van der Waals surface area contributed by atoms with Crippen molar-refractivity contribution in [3.05, 3.63) is 37.4 Å². The minimum atomic E-state index is 1.71. The number of nitrogens with zero attached hydrogens (tertiary/aromatic N) is 4. The number of rotatable bonds is 1. The summed E-state index contributed by atoms with van der Waals surface area (Å²) in [6.07, 6.45) is 10.6. The molecule has 0 unspecified atom stereocenters. The Kier molecular flexibility index (Phi) is 1.04. The monoisotopic (exact) mass is 134 g/mol. The average Bonchev–Trinajstić information content (AvgIpc) is 2.59. The van der Waals surface area contributed by atoms with Gasteiger partial charge in [-0.05, 0) is 0 Å². The molecule has 0 amide bonds.